The van der Waals surface area contributed by atoms with E-state index in [4.69, 9.17) is 24.9 Å². The Hall–Kier alpha value is 0.840. The first-order valence-electron chi connectivity index (χ1n) is 7.74. The van der Waals surface area contributed by atoms with E-state index in [1.165, 1.54) is 0 Å². The van der Waals surface area contributed by atoms with Gasteiger partial charge in [-0.25, -0.2) is 4.89 Å². The Labute approximate surface area is 189 Å². The summed E-state index contributed by atoms with van der Waals surface area (Å²) < 4.78 is 10.9. The number of halogens is 4. The van der Waals surface area contributed by atoms with Gasteiger partial charge in [-0.15, -0.1) is 37.2 Å². The van der Waals surface area contributed by atoms with Crippen molar-refractivity contribution in [3.63, 3.8) is 0 Å². The van der Waals surface area contributed by atoms with Crippen molar-refractivity contribution >= 4 is 37.2 Å². The zero-order valence-corrected chi connectivity index (χ0v) is 20.5. The Morgan fingerprint density at radius 3 is 1.52 bits per heavy atom. The average molecular weight is 488 g/mol. The van der Waals surface area contributed by atoms with Gasteiger partial charge < -0.3 is 42.7 Å². The van der Waals surface area contributed by atoms with Gasteiger partial charge in [-0.2, -0.15) is 0 Å². The topological polar surface area (TPSA) is 127 Å². The minimum atomic E-state index is -0.441. The summed E-state index contributed by atoms with van der Waals surface area (Å²) in [7, 11) is 6.55. The Kier molecular flexibility index (Phi) is 49.7. The molecule has 1 heterocycles. The third kappa shape index (κ3) is 58.4. The predicted molar refractivity (Wildman–Crippen MR) is 112 cm³/mol. The van der Waals surface area contributed by atoms with E-state index in [0.29, 0.717) is 25.9 Å². The summed E-state index contributed by atoms with van der Waals surface area (Å²) in [6.45, 7) is 8.38. The fourth-order valence-electron chi connectivity index (χ4n) is 1.28. The molecular formula is C15H42Cl4N2O6. The summed E-state index contributed by atoms with van der Waals surface area (Å²) >= 11 is 0. The molecule has 0 amide bonds. The lowest BCUT2D eigenvalue weighted by Crippen LogP contribution is -3.00. The first-order valence-corrected chi connectivity index (χ1v) is 7.74. The van der Waals surface area contributed by atoms with Gasteiger partial charge in [0.25, 0.3) is 0 Å². The zero-order valence-electron chi connectivity index (χ0n) is 17.3. The van der Waals surface area contributed by atoms with E-state index in [1.54, 1.807) is 13.8 Å². The monoisotopic (exact) mass is 486 g/mol. The van der Waals surface area contributed by atoms with Gasteiger partial charge in [0.15, 0.2) is 0 Å². The van der Waals surface area contributed by atoms with Crippen LogP contribution in [0.1, 0.15) is 27.2 Å². The molecule has 8 nitrogen and oxygen atoms in total. The highest BCUT2D eigenvalue weighted by Gasteiger charge is 2.28. The van der Waals surface area contributed by atoms with Gasteiger partial charge in [-0.1, -0.05) is 6.92 Å². The van der Waals surface area contributed by atoms with Crippen LogP contribution in [-0.4, -0.2) is 92.4 Å². The average Bonchev–Trinajstić information content (AvgIpc) is 3.12. The van der Waals surface area contributed by atoms with Crippen LogP contribution in [0.5, 0.6) is 0 Å². The highest BCUT2D eigenvalue weighted by Crippen LogP contribution is 2.11. The Morgan fingerprint density at radius 2 is 1.41 bits per heavy atom. The molecule has 1 rings (SSSR count). The van der Waals surface area contributed by atoms with Crippen LogP contribution in [0, 0.1) is 0 Å². The lowest BCUT2D eigenvalue weighted by Gasteiger charge is -2.22. The minimum Gasteiger partial charge on any atom is -1.00 e. The molecule has 12 heteroatoms. The van der Waals surface area contributed by atoms with Gasteiger partial charge in [-0.05, 0) is 20.3 Å². The summed E-state index contributed by atoms with van der Waals surface area (Å²) in [4.78, 5) is 3.69. The van der Waals surface area contributed by atoms with Crippen molar-refractivity contribution in [1.82, 2.24) is 6.15 Å². The van der Waals surface area contributed by atoms with E-state index >= 15 is 0 Å². The zero-order chi connectivity index (χ0) is 17.6. The number of aliphatic hydroxyl groups is 2. The van der Waals surface area contributed by atoms with E-state index < -0.39 is 12.2 Å². The van der Waals surface area contributed by atoms with Crippen molar-refractivity contribution < 1.29 is 46.7 Å². The summed E-state index contributed by atoms with van der Waals surface area (Å²) in [5.41, 5.74) is 0. The van der Waals surface area contributed by atoms with E-state index in [0.717, 1.165) is 24.1 Å². The predicted octanol–water partition coefficient (Wildman–Crippen LogP) is -0.827. The van der Waals surface area contributed by atoms with Crippen LogP contribution in [0.3, 0.4) is 0 Å². The number of ether oxygens (including phenoxy) is 2. The molecular weight excluding hydrogens is 446 g/mol. The van der Waals surface area contributed by atoms with Gasteiger partial charge in [0, 0.05) is 0 Å². The van der Waals surface area contributed by atoms with Gasteiger partial charge in [0.1, 0.15) is 12.6 Å². The van der Waals surface area contributed by atoms with E-state index in [2.05, 4.69) is 26.0 Å². The van der Waals surface area contributed by atoms with Crippen molar-refractivity contribution in [2.75, 3.05) is 54.1 Å². The summed E-state index contributed by atoms with van der Waals surface area (Å²) in [6.07, 6.45) is 0.554. The summed E-state index contributed by atoms with van der Waals surface area (Å²) in [5, 5.41) is 24.9. The maximum atomic E-state index is 8.66. The van der Waals surface area contributed by atoms with Crippen LogP contribution in [0.4, 0.5) is 0 Å². The molecule has 1 aliphatic heterocycles. The fraction of sp³-hybridized carbons (Fsp3) is 1.00. The molecule has 3 unspecified atom stereocenters. The molecule has 27 heavy (non-hydrogen) atoms. The second-order valence-corrected chi connectivity index (χ2v) is 6.50. The van der Waals surface area contributed by atoms with Gasteiger partial charge in [0.2, 0.25) is 0 Å². The Balaban J connectivity index is -0.0000000419. The minimum absolute atomic E-state index is 0. The first kappa shape index (κ1) is 46.2. The molecule has 0 spiro atoms. The molecule has 176 valence electrons. The van der Waals surface area contributed by atoms with Crippen LogP contribution in [0.15, 0.2) is 0 Å². The van der Waals surface area contributed by atoms with E-state index in [-0.39, 0.29) is 55.8 Å². The molecule has 6 N–H and O–H groups in total. The molecule has 0 saturated carbocycles. The molecule has 1 fully saturated rings. The largest absolute Gasteiger partial charge is 1.00 e. The van der Waals surface area contributed by atoms with Crippen LogP contribution >= 0.6 is 37.2 Å². The first-order chi connectivity index (χ1) is 10.1. The van der Waals surface area contributed by atoms with Gasteiger partial charge in [0.05, 0.1) is 59.8 Å². The lowest BCUT2D eigenvalue weighted by molar-refractivity contribution is -0.870. The molecule has 0 aromatic rings. The summed E-state index contributed by atoms with van der Waals surface area (Å²) in [6, 6.07) is 0. The number of hydrogen-bond donors (Lipinski definition) is 4. The highest BCUT2D eigenvalue weighted by atomic mass is 35.5. The lowest BCUT2D eigenvalue weighted by atomic mass is 10.4. The Morgan fingerprint density at radius 1 is 1.04 bits per heavy atom. The summed E-state index contributed by atoms with van der Waals surface area (Å²) in [5.74, 6) is 0. The van der Waals surface area contributed by atoms with Crippen LogP contribution < -0.4 is 18.6 Å². The molecule has 1 saturated heterocycles. The van der Waals surface area contributed by atoms with Gasteiger partial charge in [-0.3, -0.25) is 5.26 Å². The van der Waals surface area contributed by atoms with Crippen LogP contribution in [0.25, 0.3) is 0 Å². The SMILES string of the molecule is CC(O)COCC(C)O.CCCOO.C[N+](C)(C)CC1CO1.Cl.Cl.Cl.N.[Cl-]. The smallest absolute Gasteiger partial charge is 0.130 e. The van der Waals surface area contributed by atoms with E-state index in [9.17, 15) is 0 Å². The van der Waals surface area contributed by atoms with Crippen molar-refractivity contribution in [2.45, 2.75) is 45.5 Å². The standard InChI is InChI=1S/C6H14NO.C6H14O3.C3H8O2.4ClH.H3N/c1-7(2,3)4-6-5-8-6;1-5(7)3-9-4-6(2)8;1-2-3-5-4;;;;;/h6H,4-5H2,1-3H3;5-8H,3-4H2,1-2H3;4H,2-3H2,1H3;4*1H;1H3/q+1;;;;;;;/p-1. The van der Waals surface area contributed by atoms with Crippen molar-refractivity contribution in [3.05, 3.63) is 0 Å². The van der Waals surface area contributed by atoms with Gasteiger partial charge >= 0.3 is 0 Å². The maximum Gasteiger partial charge on any atom is 0.130 e. The van der Waals surface area contributed by atoms with Crippen LogP contribution in [-0.2, 0) is 14.4 Å². The molecule has 0 aromatic carbocycles. The Bertz CT molecular complexity index is 237. The number of hydrogen-bond acceptors (Lipinski definition) is 7. The number of aliphatic hydroxyl groups excluding tert-OH is 2. The van der Waals surface area contributed by atoms with Crippen molar-refractivity contribution in [3.8, 4) is 0 Å². The third-order valence-electron chi connectivity index (χ3n) is 2.17. The molecule has 0 aromatic heterocycles. The fourth-order valence-corrected chi connectivity index (χ4v) is 1.28. The molecule has 0 aliphatic carbocycles. The number of nitrogens with zero attached hydrogens (tertiary/aromatic N) is 1. The second kappa shape index (κ2) is 29.0. The van der Waals surface area contributed by atoms with Crippen molar-refractivity contribution in [2.24, 2.45) is 0 Å². The highest BCUT2D eigenvalue weighted by molar-refractivity contribution is 5.86. The molecule has 0 bridgehead atoms. The van der Waals surface area contributed by atoms with Crippen molar-refractivity contribution in [1.29, 1.82) is 0 Å². The number of quaternary nitrogens is 1. The number of likely N-dealkylation sites (N-methyl/N-ethyl adjacent to an activating group) is 1. The quantitative estimate of drug-likeness (QED) is 0.152. The normalized spacial score (nSPS) is 15.7. The number of epoxide rings is 1. The maximum absolute atomic E-state index is 8.66. The molecule has 0 radical (unpaired) electrons. The number of rotatable bonds is 8. The second-order valence-electron chi connectivity index (χ2n) is 6.50. The molecule has 1 aliphatic rings. The van der Waals surface area contributed by atoms with Crippen LogP contribution in [0.2, 0.25) is 0 Å². The molecule has 3 atom stereocenters. The van der Waals surface area contributed by atoms with E-state index in [1.807, 2.05) is 6.92 Å². The third-order valence-corrected chi connectivity index (χ3v) is 2.17.